The Balaban J connectivity index is 0.00000420. The van der Waals surface area contributed by atoms with E-state index < -0.39 is 15.9 Å². The quantitative estimate of drug-likeness (QED) is 0.259. The SMILES string of the molecule is Cc1cc(C)c(Oc2nc(-c3ccccc3)ccc2C(=O)NS(=O)(=O)c2cccc(NCCN)n2)c(C)c1.[HH].[HH].[HH].[HH]. The molecule has 0 unspecified atom stereocenters. The second kappa shape index (κ2) is 11.4. The molecule has 0 aliphatic heterocycles. The number of anilines is 1. The molecule has 10 heteroatoms. The van der Waals surface area contributed by atoms with Gasteiger partial charge in [-0.1, -0.05) is 54.1 Å². The number of nitrogens with one attached hydrogen (secondary N) is 2. The van der Waals surface area contributed by atoms with Gasteiger partial charge in [0.05, 0.1) is 5.69 Å². The van der Waals surface area contributed by atoms with Gasteiger partial charge in [0.1, 0.15) is 17.1 Å². The summed E-state index contributed by atoms with van der Waals surface area (Å²) in [7, 11) is -4.29. The van der Waals surface area contributed by atoms with Crippen LogP contribution in [0.4, 0.5) is 5.82 Å². The number of aryl methyl sites for hydroxylation is 3. The van der Waals surface area contributed by atoms with E-state index in [0.29, 0.717) is 30.4 Å². The van der Waals surface area contributed by atoms with Gasteiger partial charge in [0.25, 0.3) is 15.9 Å². The molecule has 0 aliphatic rings. The number of carbonyl (C=O) groups excluding carboxylic acids is 1. The van der Waals surface area contributed by atoms with Gasteiger partial charge in [-0.3, -0.25) is 4.79 Å². The summed E-state index contributed by atoms with van der Waals surface area (Å²) in [6, 6.07) is 20.9. The summed E-state index contributed by atoms with van der Waals surface area (Å²) in [5.41, 5.74) is 9.63. The lowest BCUT2D eigenvalue weighted by molar-refractivity contribution is 0.0978. The fourth-order valence-corrected chi connectivity index (χ4v) is 4.91. The molecule has 0 saturated carbocycles. The number of rotatable bonds is 9. The third-order valence-corrected chi connectivity index (χ3v) is 6.89. The number of aromatic nitrogens is 2. The van der Waals surface area contributed by atoms with Crippen molar-refractivity contribution in [2.45, 2.75) is 25.8 Å². The van der Waals surface area contributed by atoms with Crippen LogP contribution in [0.3, 0.4) is 0 Å². The van der Waals surface area contributed by atoms with Crippen LogP contribution in [0.5, 0.6) is 11.6 Å². The maximum absolute atomic E-state index is 13.3. The normalized spacial score (nSPS) is 11.2. The predicted molar refractivity (Wildman–Crippen MR) is 155 cm³/mol. The molecule has 0 spiro atoms. The number of nitrogens with two attached hydrogens (primary N) is 1. The maximum Gasteiger partial charge on any atom is 0.281 e. The lowest BCUT2D eigenvalue weighted by Crippen LogP contribution is -2.31. The van der Waals surface area contributed by atoms with Crippen LogP contribution in [0.1, 0.15) is 32.8 Å². The lowest BCUT2D eigenvalue weighted by atomic mass is 10.1. The first-order valence-electron chi connectivity index (χ1n) is 12.0. The molecule has 4 N–H and O–H groups in total. The number of amides is 1. The molecule has 2 aromatic carbocycles. The first kappa shape index (κ1) is 26.8. The van der Waals surface area contributed by atoms with Crippen molar-refractivity contribution in [2.75, 3.05) is 18.4 Å². The zero-order chi connectivity index (χ0) is 27.3. The van der Waals surface area contributed by atoms with Gasteiger partial charge >= 0.3 is 0 Å². The molecule has 0 bridgehead atoms. The summed E-state index contributed by atoms with van der Waals surface area (Å²) in [5.74, 6) is -0.0309. The Morgan fingerprint density at radius 1 is 0.947 bits per heavy atom. The fraction of sp³-hybridized carbons (Fsp3) is 0.179. The van der Waals surface area contributed by atoms with Crippen molar-refractivity contribution in [3.05, 3.63) is 95.1 Å². The molecule has 204 valence electrons. The van der Waals surface area contributed by atoms with Crippen LogP contribution in [0.2, 0.25) is 0 Å². The maximum atomic E-state index is 13.3. The topological polar surface area (TPSA) is 136 Å². The number of hydrogen-bond donors (Lipinski definition) is 3. The van der Waals surface area contributed by atoms with E-state index in [4.69, 9.17) is 10.5 Å². The Bertz CT molecular complexity index is 1570. The van der Waals surface area contributed by atoms with Crippen LogP contribution < -0.4 is 20.5 Å². The van der Waals surface area contributed by atoms with Gasteiger partial charge in [-0.15, -0.1) is 0 Å². The number of hydrogen-bond acceptors (Lipinski definition) is 8. The van der Waals surface area contributed by atoms with Crippen molar-refractivity contribution in [3.8, 4) is 22.9 Å². The van der Waals surface area contributed by atoms with Crippen LogP contribution in [-0.4, -0.2) is 37.4 Å². The highest BCUT2D eigenvalue weighted by molar-refractivity contribution is 7.90. The highest BCUT2D eigenvalue weighted by atomic mass is 32.2. The van der Waals surface area contributed by atoms with Crippen LogP contribution in [-0.2, 0) is 10.0 Å². The Morgan fingerprint density at radius 3 is 2.34 bits per heavy atom. The smallest absolute Gasteiger partial charge is 0.281 e. The standard InChI is InChI=1S/C28H29N5O4S.4H2/c1-18-16-19(2)26(20(3)17-18)37-28-22(12-13-23(31-28)21-8-5-4-6-9-21)27(34)33-38(35,36)25-11-7-10-24(32-25)30-15-14-29;;;;/h4-13,16-17H,14-15,29H2,1-3H3,(H,30,32)(H,33,34);4*1H. The summed E-state index contributed by atoms with van der Waals surface area (Å²) in [6.07, 6.45) is 0. The van der Waals surface area contributed by atoms with E-state index in [-0.39, 0.29) is 22.2 Å². The number of nitrogens with zero attached hydrogens (tertiary/aromatic N) is 2. The van der Waals surface area contributed by atoms with Gasteiger partial charge in [0.15, 0.2) is 5.03 Å². The van der Waals surface area contributed by atoms with E-state index in [1.54, 1.807) is 12.1 Å². The molecule has 0 radical (unpaired) electrons. The summed E-state index contributed by atoms with van der Waals surface area (Å²) in [6.45, 7) is 6.55. The molecule has 4 rings (SSSR count). The minimum Gasteiger partial charge on any atom is -0.438 e. The monoisotopic (exact) mass is 539 g/mol. The average Bonchev–Trinajstić information content (AvgIpc) is 2.90. The first-order chi connectivity index (χ1) is 18.2. The van der Waals surface area contributed by atoms with Crippen molar-refractivity contribution in [1.29, 1.82) is 0 Å². The van der Waals surface area contributed by atoms with Crippen molar-refractivity contribution >= 4 is 21.7 Å². The van der Waals surface area contributed by atoms with E-state index in [9.17, 15) is 13.2 Å². The number of sulfonamides is 1. The van der Waals surface area contributed by atoms with E-state index >= 15 is 0 Å². The summed E-state index contributed by atoms with van der Waals surface area (Å²) >= 11 is 0. The van der Waals surface area contributed by atoms with Gasteiger partial charge < -0.3 is 15.8 Å². The molecular formula is C28H37N5O4S. The molecular weight excluding hydrogens is 502 g/mol. The van der Waals surface area contributed by atoms with Crippen LogP contribution >= 0.6 is 0 Å². The zero-order valence-electron chi connectivity index (χ0n) is 21.4. The number of pyridine rings is 2. The van der Waals surface area contributed by atoms with E-state index in [1.807, 2.05) is 63.2 Å². The molecule has 2 aromatic heterocycles. The Labute approximate surface area is 228 Å². The Hall–Kier alpha value is -4.28. The number of benzene rings is 2. The van der Waals surface area contributed by atoms with Crippen LogP contribution in [0, 0.1) is 20.8 Å². The second-order valence-corrected chi connectivity index (χ2v) is 10.4. The fourth-order valence-electron chi connectivity index (χ4n) is 3.98. The molecule has 1 amide bonds. The predicted octanol–water partition coefficient (Wildman–Crippen LogP) is 5.33. The minimum absolute atomic E-state index is 0. The van der Waals surface area contributed by atoms with Crippen molar-refractivity contribution in [1.82, 2.24) is 14.7 Å². The zero-order valence-corrected chi connectivity index (χ0v) is 22.2. The first-order valence-corrected chi connectivity index (χ1v) is 13.5. The second-order valence-electron chi connectivity index (χ2n) is 8.76. The largest absolute Gasteiger partial charge is 0.438 e. The van der Waals surface area contributed by atoms with E-state index in [1.165, 1.54) is 18.2 Å². The minimum atomic E-state index is -4.29. The molecule has 0 saturated heterocycles. The summed E-state index contributed by atoms with van der Waals surface area (Å²) in [4.78, 5) is 22.0. The van der Waals surface area contributed by atoms with Crippen molar-refractivity contribution in [3.63, 3.8) is 0 Å². The average molecular weight is 540 g/mol. The third-order valence-electron chi connectivity index (χ3n) is 5.65. The Morgan fingerprint density at radius 2 is 1.66 bits per heavy atom. The summed E-state index contributed by atoms with van der Waals surface area (Å²) < 4.78 is 34.4. The number of ether oxygens (including phenoxy) is 1. The van der Waals surface area contributed by atoms with Gasteiger partial charge in [-0.25, -0.2) is 14.7 Å². The third kappa shape index (κ3) is 6.16. The van der Waals surface area contributed by atoms with E-state index in [0.717, 1.165) is 22.3 Å². The molecule has 0 atom stereocenters. The Kier molecular flexibility index (Phi) is 8.04. The molecule has 0 aliphatic carbocycles. The lowest BCUT2D eigenvalue weighted by Gasteiger charge is -2.16. The van der Waals surface area contributed by atoms with Gasteiger partial charge in [0, 0.05) is 24.4 Å². The molecule has 38 heavy (non-hydrogen) atoms. The molecule has 0 fully saturated rings. The number of carbonyl (C=O) groups is 1. The van der Waals surface area contributed by atoms with Gasteiger partial charge in [-0.2, -0.15) is 8.42 Å². The van der Waals surface area contributed by atoms with Gasteiger partial charge in [-0.05, 0) is 56.2 Å². The van der Waals surface area contributed by atoms with Crippen LogP contribution in [0.15, 0.2) is 77.8 Å². The molecule has 2 heterocycles. The highest BCUT2D eigenvalue weighted by Gasteiger charge is 2.25. The highest BCUT2D eigenvalue weighted by Crippen LogP contribution is 2.32. The molecule has 9 nitrogen and oxygen atoms in total. The van der Waals surface area contributed by atoms with Crippen molar-refractivity contribution < 1.29 is 23.7 Å². The molecule has 4 aromatic rings. The van der Waals surface area contributed by atoms with E-state index in [2.05, 4.69) is 20.0 Å². The van der Waals surface area contributed by atoms with Gasteiger partial charge in [0.2, 0.25) is 5.88 Å². The van der Waals surface area contributed by atoms with Crippen LogP contribution in [0.25, 0.3) is 11.3 Å². The van der Waals surface area contributed by atoms with Crippen molar-refractivity contribution in [2.24, 2.45) is 5.73 Å². The summed E-state index contributed by atoms with van der Waals surface area (Å²) in [5, 5.41) is 2.61.